The molecule has 0 aliphatic carbocycles. The Kier molecular flexibility index (Phi) is 8.60. The number of nitrogens with one attached hydrogen (secondary N) is 2. The van der Waals surface area contributed by atoms with Crippen LogP contribution in [0.3, 0.4) is 0 Å². The maximum absolute atomic E-state index is 12.9. The fourth-order valence-electron chi connectivity index (χ4n) is 4.65. The van der Waals surface area contributed by atoms with E-state index >= 15 is 0 Å². The highest BCUT2D eigenvalue weighted by Crippen LogP contribution is 2.28. The second-order valence-corrected chi connectivity index (χ2v) is 9.56. The number of anilines is 3. The molecule has 1 atom stereocenters. The van der Waals surface area contributed by atoms with Crippen LogP contribution in [0.4, 0.5) is 21.9 Å². The maximum Gasteiger partial charge on any atom is 0.326 e. The number of hydrogen-bond donors (Lipinski definition) is 3. The van der Waals surface area contributed by atoms with Gasteiger partial charge in [0.1, 0.15) is 0 Å². The van der Waals surface area contributed by atoms with Gasteiger partial charge in [-0.1, -0.05) is 42.5 Å². The molecule has 1 unspecified atom stereocenters. The first-order valence-corrected chi connectivity index (χ1v) is 12.8. The summed E-state index contributed by atoms with van der Waals surface area (Å²) >= 11 is 0. The van der Waals surface area contributed by atoms with E-state index in [1.807, 2.05) is 36.4 Å². The molecule has 0 spiro atoms. The Morgan fingerprint density at radius 2 is 1.67 bits per heavy atom. The number of amides is 4. The molecule has 4 amide bonds. The lowest BCUT2D eigenvalue weighted by atomic mass is 10.0. The summed E-state index contributed by atoms with van der Waals surface area (Å²) < 4.78 is 0. The van der Waals surface area contributed by atoms with Crippen LogP contribution in [0.1, 0.15) is 42.5 Å². The van der Waals surface area contributed by atoms with Crippen molar-refractivity contribution in [2.24, 2.45) is 0 Å². The molecule has 3 aromatic carbocycles. The molecule has 1 aliphatic heterocycles. The van der Waals surface area contributed by atoms with Crippen molar-refractivity contribution >= 4 is 40.9 Å². The van der Waals surface area contributed by atoms with Crippen LogP contribution in [-0.4, -0.2) is 42.5 Å². The van der Waals surface area contributed by atoms with E-state index in [2.05, 4.69) is 10.6 Å². The first-order chi connectivity index (χ1) is 18.7. The molecular formula is C30H32N4O5. The van der Waals surface area contributed by atoms with Crippen molar-refractivity contribution in [3.8, 4) is 0 Å². The third-order valence-electron chi connectivity index (χ3n) is 6.77. The average molecular weight is 529 g/mol. The second kappa shape index (κ2) is 12.3. The molecule has 3 N–H and O–H groups in total. The first kappa shape index (κ1) is 27.4. The predicted molar refractivity (Wildman–Crippen MR) is 150 cm³/mol. The van der Waals surface area contributed by atoms with E-state index in [9.17, 15) is 19.2 Å². The summed E-state index contributed by atoms with van der Waals surface area (Å²) in [5.41, 5.74) is 5.00. The molecule has 0 aromatic heterocycles. The Morgan fingerprint density at radius 1 is 0.974 bits per heavy atom. The van der Waals surface area contributed by atoms with Gasteiger partial charge in [0, 0.05) is 44.0 Å². The van der Waals surface area contributed by atoms with Crippen LogP contribution in [0.2, 0.25) is 0 Å². The molecule has 0 saturated carbocycles. The molecule has 4 rings (SSSR count). The van der Waals surface area contributed by atoms with E-state index in [0.717, 1.165) is 28.8 Å². The van der Waals surface area contributed by atoms with Gasteiger partial charge in [-0.3, -0.25) is 19.3 Å². The number of hydrogen-bond acceptors (Lipinski definition) is 4. The largest absolute Gasteiger partial charge is 0.481 e. The molecule has 9 nitrogen and oxygen atoms in total. The lowest BCUT2D eigenvalue weighted by Gasteiger charge is -2.21. The number of carboxylic acids is 1. The number of carboxylic acid groups (broad SMARTS) is 1. The first-order valence-electron chi connectivity index (χ1n) is 12.8. The van der Waals surface area contributed by atoms with E-state index in [1.165, 1.54) is 6.92 Å². The van der Waals surface area contributed by atoms with Crippen molar-refractivity contribution in [2.45, 2.75) is 38.6 Å². The van der Waals surface area contributed by atoms with Gasteiger partial charge < -0.3 is 20.6 Å². The molecule has 1 heterocycles. The van der Waals surface area contributed by atoms with Crippen LogP contribution < -0.4 is 20.4 Å². The quantitative estimate of drug-likeness (QED) is 0.377. The van der Waals surface area contributed by atoms with E-state index < -0.39 is 12.0 Å². The summed E-state index contributed by atoms with van der Waals surface area (Å²) in [6, 6.07) is 21.6. The summed E-state index contributed by atoms with van der Waals surface area (Å²) in [5.74, 6) is -1.29. The number of aliphatic carboxylic acids is 1. The van der Waals surface area contributed by atoms with Crippen LogP contribution in [0.25, 0.3) is 0 Å². The molecule has 1 aliphatic rings. The van der Waals surface area contributed by atoms with Crippen molar-refractivity contribution in [2.75, 3.05) is 28.7 Å². The van der Waals surface area contributed by atoms with E-state index in [0.29, 0.717) is 17.9 Å². The van der Waals surface area contributed by atoms with Gasteiger partial charge in [-0.2, -0.15) is 0 Å². The Labute approximate surface area is 227 Å². The van der Waals surface area contributed by atoms with Crippen molar-refractivity contribution in [1.82, 2.24) is 5.32 Å². The Hall–Kier alpha value is -4.66. The molecule has 0 fully saturated rings. The summed E-state index contributed by atoms with van der Waals surface area (Å²) in [6.45, 7) is 2.03. The average Bonchev–Trinajstić information content (AvgIpc) is 3.36. The van der Waals surface area contributed by atoms with Gasteiger partial charge in [0.15, 0.2) is 0 Å². The fraction of sp³-hybridized carbons (Fsp3) is 0.267. The fourth-order valence-corrected chi connectivity index (χ4v) is 4.65. The number of carbonyl (C=O) groups is 4. The third kappa shape index (κ3) is 7.01. The highest BCUT2D eigenvalue weighted by molar-refractivity contribution is 6.03. The van der Waals surface area contributed by atoms with Gasteiger partial charge in [0.2, 0.25) is 11.8 Å². The Balaban J connectivity index is 1.34. The van der Waals surface area contributed by atoms with E-state index in [-0.39, 0.29) is 37.1 Å². The van der Waals surface area contributed by atoms with Crippen LogP contribution in [-0.2, 0) is 27.2 Å². The molecule has 0 bridgehead atoms. The zero-order valence-corrected chi connectivity index (χ0v) is 22.0. The number of para-hydroxylation sites is 1. The molecule has 9 heteroatoms. The monoisotopic (exact) mass is 528 g/mol. The molecular weight excluding hydrogens is 496 g/mol. The van der Waals surface area contributed by atoms with Crippen molar-refractivity contribution < 1.29 is 24.3 Å². The molecule has 202 valence electrons. The molecule has 3 aromatic rings. The SMILES string of the molecule is CC(=O)NC(CCC(=O)O)c1ccc(N(C)C(=O)Cc2ccc(NC(=O)N3CCc4ccccc43)cc2)cc1. The molecule has 0 radical (unpaired) electrons. The number of fused-ring (bicyclic) bond motifs is 1. The van der Waals surface area contributed by atoms with Crippen LogP contribution >= 0.6 is 0 Å². The summed E-state index contributed by atoms with van der Waals surface area (Å²) in [5, 5.41) is 14.7. The van der Waals surface area contributed by atoms with Gasteiger partial charge in [-0.25, -0.2) is 4.79 Å². The standard InChI is InChI=1S/C30H32N4O5/c1-20(35)31-26(15-16-29(37)38)22-9-13-25(14-10-22)33(2)28(36)19-21-7-11-24(12-8-21)32-30(39)34-18-17-23-5-3-4-6-27(23)34/h3-14,26H,15-19H2,1-2H3,(H,31,35)(H,32,39)(H,37,38). The third-order valence-corrected chi connectivity index (χ3v) is 6.77. The van der Waals surface area contributed by atoms with Gasteiger partial charge in [-0.05, 0) is 59.9 Å². The zero-order valence-electron chi connectivity index (χ0n) is 22.0. The Bertz CT molecular complexity index is 1350. The smallest absolute Gasteiger partial charge is 0.326 e. The maximum atomic E-state index is 12.9. The van der Waals surface area contributed by atoms with Crippen molar-refractivity contribution in [1.29, 1.82) is 0 Å². The van der Waals surface area contributed by atoms with Crippen LogP contribution in [0, 0.1) is 0 Å². The minimum atomic E-state index is -0.930. The summed E-state index contributed by atoms with van der Waals surface area (Å²) in [7, 11) is 1.69. The number of nitrogens with zero attached hydrogens (tertiary/aromatic N) is 2. The van der Waals surface area contributed by atoms with Crippen LogP contribution in [0.15, 0.2) is 72.8 Å². The highest BCUT2D eigenvalue weighted by Gasteiger charge is 2.24. The number of likely N-dealkylation sites (N-methyl/N-ethyl adjacent to an activating group) is 1. The number of rotatable bonds is 9. The minimum absolute atomic E-state index is 0.0697. The summed E-state index contributed by atoms with van der Waals surface area (Å²) in [6.07, 6.45) is 1.21. The van der Waals surface area contributed by atoms with E-state index in [1.54, 1.807) is 53.2 Å². The molecule has 39 heavy (non-hydrogen) atoms. The molecule has 0 saturated heterocycles. The van der Waals surface area contributed by atoms with Gasteiger partial charge in [-0.15, -0.1) is 0 Å². The minimum Gasteiger partial charge on any atom is -0.481 e. The van der Waals surface area contributed by atoms with E-state index in [4.69, 9.17) is 5.11 Å². The predicted octanol–water partition coefficient (Wildman–Crippen LogP) is 4.53. The van der Waals surface area contributed by atoms with Gasteiger partial charge in [0.25, 0.3) is 0 Å². The Morgan fingerprint density at radius 3 is 2.33 bits per heavy atom. The lowest BCUT2D eigenvalue weighted by Crippen LogP contribution is -2.33. The normalized spacial score (nSPS) is 12.8. The van der Waals surface area contributed by atoms with Crippen molar-refractivity contribution in [3.63, 3.8) is 0 Å². The second-order valence-electron chi connectivity index (χ2n) is 9.56. The lowest BCUT2D eigenvalue weighted by molar-refractivity contribution is -0.137. The topological polar surface area (TPSA) is 119 Å². The van der Waals surface area contributed by atoms with Crippen LogP contribution in [0.5, 0.6) is 0 Å². The van der Waals surface area contributed by atoms with Gasteiger partial charge >= 0.3 is 12.0 Å². The summed E-state index contributed by atoms with van der Waals surface area (Å²) in [4.78, 5) is 51.5. The number of urea groups is 1. The van der Waals surface area contributed by atoms with Crippen molar-refractivity contribution in [3.05, 3.63) is 89.5 Å². The highest BCUT2D eigenvalue weighted by atomic mass is 16.4. The van der Waals surface area contributed by atoms with Gasteiger partial charge in [0.05, 0.1) is 12.5 Å². The zero-order chi connectivity index (χ0) is 27.9. The number of carbonyl (C=O) groups excluding carboxylic acids is 3. The number of benzene rings is 3.